The van der Waals surface area contributed by atoms with Crippen LogP contribution in [0.1, 0.15) is 46.5 Å². The molecule has 0 amide bonds. The standard InChI is InChI=1S/C25H36O6Si/c1-5-23(29-25(7-3)26-19-14-20-27-25)28-24(6-2)32(4,30-21-15-10-8-11-16-21)31-22-17-12-9-13-18-22/h8-13,15-18,23-24H,5-7,14,19-20H2,1-4H3. The van der Waals surface area contributed by atoms with E-state index in [4.69, 9.17) is 27.8 Å². The summed E-state index contributed by atoms with van der Waals surface area (Å²) in [6, 6.07) is 19.5. The average Bonchev–Trinajstić information content (AvgIpc) is 2.83. The molecule has 176 valence electrons. The summed E-state index contributed by atoms with van der Waals surface area (Å²) in [6.45, 7) is 9.36. The highest BCUT2D eigenvalue weighted by atomic mass is 28.4. The summed E-state index contributed by atoms with van der Waals surface area (Å²) in [4.78, 5) is 0. The van der Waals surface area contributed by atoms with Crippen molar-refractivity contribution in [1.82, 2.24) is 0 Å². The van der Waals surface area contributed by atoms with Crippen LogP contribution in [0.15, 0.2) is 60.7 Å². The Morgan fingerprint density at radius 2 is 1.38 bits per heavy atom. The highest BCUT2D eigenvalue weighted by molar-refractivity contribution is 6.68. The summed E-state index contributed by atoms with van der Waals surface area (Å²) < 4.78 is 37.5. The Bertz CT molecular complexity index is 740. The Morgan fingerprint density at radius 3 is 1.81 bits per heavy atom. The van der Waals surface area contributed by atoms with Crippen molar-refractivity contribution in [2.24, 2.45) is 0 Å². The number of benzene rings is 2. The van der Waals surface area contributed by atoms with Crippen LogP contribution in [-0.4, -0.2) is 39.8 Å². The van der Waals surface area contributed by atoms with E-state index in [1.165, 1.54) is 0 Å². The van der Waals surface area contributed by atoms with Gasteiger partial charge in [0.25, 0.3) is 5.97 Å². The number of para-hydroxylation sites is 2. The van der Waals surface area contributed by atoms with Crippen molar-refractivity contribution in [3.05, 3.63) is 60.7 Å². The lowest BCUT2D eigenvalue weighted by molar-refractivity contribution is -0.436. The molecule has 0 spiro atoms. The average molecular weight is 461 g/mol. The van der Waals surface area contributed by atoms with Gasteiger partial charge in [-0.3, -0.25) is 4.74 Å². The predicted molar refractivity (Wildman–Crippen MR) is 126 cm³/mol. The minimum absolute atomic E-state index is 0.287. The Morgan fingerprint density at radius 1 is 0.844 bits per heavy atom. The maximum absolute atomic E-state index is 6.52. The zero-order valence-corrected chi connectivity index (χ0v) is 20.6. The van der Waals surface area contributed by atoms with Gasteiger partial charge in [0.2, 0.25) is 0 Å². The molecule has 3 rings (SSSR count). The molecule has 0 radical (unpaired) electrons. The maximum atomic E-state index is 6.52. The third-order valence-corrected chi connectivity index (χ3v) is 8.41. The Kier molecular flexibility index (Phi) is 9.13. The highest BCUT2D eigenvalue weighted by Gasteiger charge is 2.48. The number of ether oxygens (including phenoxy) is 4. The molecule has 1 fully saturated rings. The topological polar surface area (TPSA) is 55.4 Å². The second kappa shape index (κ2) is 11.8. The van der Waals surface area contributed by atoms with Gasteiger partial charge in [-0.2, -0.15) is 0 Å². The first-order valence-electron chi connectivity index (χ1n) is 11.6. The van der Waals surface area contributed by atoms with Crippen LogP contribution < -0.4 is 8.85 Å². The van der Waals surface area contributed by atoms with E-state index in [1.54, 1.807) is 0 Å². The molecule has 32 heavy (non-hydrogen) atoms. The molecule has 1 aliphatic heterocycles. The Labute approximate surface area is 193 Å². The summed E-state index contributed by atoms with van der Waals surface area (Å²) in [5.74, 6) is 0.464. The summed E-state index contributed by atoms with van der Waals surface area (Å²) in [5.41, 5.74) is -0.287. The first-order valence-corrected chi connectivity index (χ1v) is 14.0. The fourth-order valence-electron chi connectivity index (χ4n) is 3.69. The SMILES string of the molecule is CCC(OC(CC)[Si](C)(Oc1ccccc1)Oc1ccccc1)OC1(CC)OCCCO1. The quantitative estimate of drug-likeness (QED) is 0.295. The minimum atomic E-state index is -2.92. The first-order chi connectivity index (χ1) is 15.5. The summed E-state index contributed by atoms with van der Waals surface area (Å²) in [7, 11) is -2.92. The molecule has 2 aromatic rings. The molecule has 0 aromatic heterocycles. The van der Waals surface area contributed by atoms with Crippen LogP contribution in [0.5, 0.6) is 11.5 Å². The van der Waals surface area contributed by atoms with E-state index < -0.39 is 20.8 Å². The molecule has 0 saturated carbocycles. The second-order valence-corrected chi connectivity index (χ2v) is 11.0. The minimum Gasteiger partial charge on any atom is -0.511 e. The van der Waals surface area contributed by atoms with Crippen LogP contribution >= 0.6 is 0 Å². The van der Waals surface area contributed by atoms with Crippen LogP contribution in [0.3, 0.4) is 0 Å². The molecule has 2 atom stereocenters. The number of hydrogen-bond acceptors (Lipinski definition) is 6. The van der Waals surface area contributed by atoms with E-state index >= 15 is 0 Å². The van der Waals surface area contributed by atoms with E-state index in [0.717, 1.165) is 17.9 Å². The highest BCUT2D eigenvalue weighted by Crippen LogP contribution is 2.30. The maximum Gasteiger partial charge on any atom is 0.487 e. The lowest BCUT2D eigenvalue weighted by Gasteiger charge is -2.40. The van der Waals surface area contributed by atoms with Gasteiger partial charge >= 0.3 is 8.56 Å². The van der Waals surface area contributed by atoms with Gasteiger partial charge in [0.15, 0.2) is 6.29 Å². The normalized spacial score (nSPS) is 18.0. The van der Waals surface area contributed by atoms with Crippen molar-refractivity contribution in [2.75, 3.05) is 13.2 Å². The van der Waals surface area contributed by atoms with Crippen LogP contribution in [0, 0.1) is 0 Å². The zero-order valence-electron chi connectivity index (χ0n) is 19.6. The van der Waals surface area contributed by atoms with E-state index in [1.807, 2.05) is 81.1 Å². The van der Waals surface area contributed by atoms with Crippen LogP contribution in [0.25, 0.3) is 0 Å². The Balaban J connectivity index is 1.81. The Hall–Kier alpha value is -1.90. The van der Waals surface area contributed by atoms with Gasteiger partial charge in [-0.15, -0.1) is 0 Å². The van der Waals surface area contributed by atoms with Crippen molar-refractivity contribution >= 4 is 8.56 Å². The predicted octanol–water partition coefficient (Wildman–Crippen LogP) is 5.80. The first kappa shape index (κ1) is 24.7. The molecule has 7 heteroatoms. The van der Waals surface area contributed by atoms with Crippen molar-refractivity contribution in [2.45, 2.75) is 71.0 Å². The molecule has 2 aromatic carbocycles. The smallest absolute Gasteiger partial charge is 0.487 e. The molecule has 0 bridgehead atoms. The number of hydrogen-bond donors (Lipinski definition) is 0. The van der Waals surface area contributed by atoms with Gasteiger partial charge in [-0.1, -0.05) is 57.2 Å². The molecular formula is C25H36O6Si. The monoisotopic (exact) mass is 460 g/mol. The van der Waals surface area contributed by atoms with Gasteiger partial charge in [0.05, 0.1) is 13.2 Å². The van der Waals surface area contributed by atoms with Crippen molar-refractivity contribution < 1.29 is 27.8 Å². The third-order valence-electron chi connectivity index (χ3n) is 5.41. The third kappa shape index (κ3) is 6.56. The molecule has 2 unspecified atom stereocenters. The molecule has 0 N–H and O–H groups in total. The van der Waals surface area contributed by atoms with Crippen LogP contribution in [0.4, 0.5) is 0 Å². The van der Waals surface area contributed by atoms with Gasteiger partial charge in [0.1, 0.15) is 17.2 Å². The van der Waals surface area contributed by atoms with E-state index in [-0.39, 0.29) is 5.73 Å². The van der Waals surface area contributed by atoms with Crippen molar-refractivity contribution in [1.29, 1.82) is 0 Å². The zero-order chi connectivity index (χ0) is 22.9. The van der Waals surface area contributed by atoms with E-state index in [0.29, 0.717) is 32.5 Å². The van der Waals surface area contributed by atoms with Crippen molar-refractivity contribution in [3.8, 4) is 11.5 Å². The number of rotatable bonds is 12. The molecule has 0 aliphatic carbocycles. The van der Waals surface area contributed by atoms with Gasteiger partial charge in [-0.25, -0.2) is 0 Å². The second-order valence-electron chi connectivity index (χ2n) is 7.92. The summed E-state index contributed by atoms with van der Waals surface area (Å²) in [6.07, 6.45) is 2.29. The van der Waals surface area contributed by atoms with Gasteiger partial charge in [0, 0.05) is 13.0 Å². The van der Waals surface area contributed by atoms with Crippen molar-refractivity contribution in [3.63, 3.8) is 0 Å². The van der Waals surface area contributed by atoms with Crippen LogP contribution in [0.2, 0.25) is 6.55 Å². The van der Waals surface area contributed by atoms with Crippen LogP contribution in [-0.2, 0) is 18.9 Å². The largest absolute Gasteiger partial charge is 0.511 e. The molecule has 1 aliphatic rings. The summed E-state index contributed by atoms with van der Waals surface area (Å²) >= 11 is 0. The fraction of sp³-hybridized carbons (Fsp3) is 0.520. The molecular weight excluding hydrogens is 424 g/mol. The summed E-state index contributed by atoms with van der Waals surface area (Å²) in [5, 5.41) is 0. The van der Waals surface area contributed by atoms with Gasteiger partial charge < -0.3 is 23.1 Å². The molecule has 1 heterocycles. The van der Waals surface area contributed by atoms with E-state index in [9.17, 15) is 0 Å². The lowest BCUT2D eigenvalue weighted by atomic mass is 10.3. The fourth-order valence-corrected chi connectivity index (χ4v) is 6.34. The lowest BCUT2D eigenvalue weighted by Crippen LogP contribution is -2.59. The molecule has 1 saturated heterocycles. The molecule has 6 nitrogen and oxygen atoms in total. The van der Waals surface area contributed by atoms with Gasteiger partial charge in [-0.05, 0) is 43.5 Å². The van der Waals surface area contributed by atoms with E-state index in [2.05, 4.69) is 6.92 Å².